The van der Waals surface area contributed by atoms with Crippen LogP contribution in [0.2, 0.25) is 0 Å². The summed E-state index contributed by atoms with van der Waals surface area (Å²) >= 11 is 0. The third kappa shape index (κ3) is 5.67. The zero-order valence-electron chi connectivity index (χ0n) is 28.3. The van der Waals surface area contributed by atoms with Gasteiger partial charge in [0.2, 0.25) is 17.7 Å². The molecule has 2 saturated heterocycles. The van der Waals surface area contributed by atoms with E-state index in [4.69, 9.17) is 9.47 Å². The van der Waals surface area contributed by atoms with E-state index in [2.05, 4.69) is 34.6 Å². The average molecular weight is 642 g/mol. The first-order valence-corrected chi connectivity index (χ1v) is 16.7. The highest BCUT2D eigenvalue weighted by Crippen LogP contribution is 2.56. The van der Waals surface area contributed by atoms with Gasteiger partial charge in [0, 0.05) is 24.3 Å². The minimum absolute atomic E-state index is 0.0680. The predicted octanol–water partition coefficient (Wildman–Crippen LogP) is 4.92. The van der Waals surface area contributed by atoms with Crippen molar-refractivity contribution < 1.29 is 29.0 Å². The molecule has 250 valence electrons. The number of ether oxygens (including phenoxy) is 2. The van der Waals surface area contributed by atoms with Crippen molar-refractivity contribution in [1.29, 1.82) is 0 Å². The Bertz CT molecular complexity index is 1560. The first kappa shape index (κ1) is 33.0. The van der Waals surface area contributed by atoms with Crippen LogP contribution in [0.25, 0.3) is 0 Å². The predicted molar refractivity (Wildman–Crippen MR) is 180 cm³/mol. The molecule has 9 heteroatoms. The van der Waals surface area contributed by atoms with Gasteiger partial charge in [-0.05, 0) is 62.4 Å². The minimum Gasteiger partial charge on any atom is -0.494 e. The van der Waals surface area contributed by atoms with Gasteiger partial charge in [0.1, 0.15) is 17.4 Å². The second-order valence-corrected chi connectivity index (χ2v) is 14.9. The second kappa shape index (κ2) is 12.3. The van der Waals surface area contributed by atoms with Crippen molar-refractivity contribution in [2.75, 3.05) is 31.2 Å². The average Bonchev–Trinajstić information content (AvgIpc) is 3.32. The molecule has 0 aromatic heterocycles. The van der Waals surface area contributed by atoms with Gasteiger partial charge in [-0.1, -0.05) is 75.4 Å². The molecule has 47 heavy (non-hydrogen) atoms. The molecule has 2 fully saturated rings. The Hall–Kier alpha value is -3.95. The van der Waals surface area contributed by atoms with Crippen LogP contribution in [0.15, 0.2) is 78.9 Å². The number of aliphatic hydroxyl groups excluding tert-OH is 1. The van der Waals surface area contributed by atoms with Crippen LogP contribution in [0, 0.1) is 17.3 Å². The molecule has 4 aliphatic rings. The van der Waals surface area contributed by atoms with E-state index in [0.29, 0.717) is 36.7 Å². The largest absolute Gasteiger partial charge is 0.494 e. The van der Waals surface area contributed by atoms with Crippen LogP contribution in [-0.4, -0.2) is 82.2 Å². The number of benzene rings is 2. The Kier molecular flexibility index (Phi) is 8.59. The molecule has 0 aliphatic carbocycles. The molecule has 0 bridgehead atoms. The zero-order chi connectivity index (χ0) is 33.7. The minimum atomic E-state index is -1.40. The first-order valence-electron chi connectivity index (χ1n) is 16.7. The van der Waals surface area contributed by atoms with Crippen molar-refractivity contribution in [2.24, 2.45) is 17.3 Å². The number of aliphatic hydroxyl groups is 1. The van der Waals surface area contributed by atoms with E-state index in [9.17, 15) is 14.7 Å². The number of hydrogen-bond donors (Lipinski definition) is 1. The molecular weight excluding hydrogens is 594 g/mol. The fourth-order valence-corrected chi connectivity index (χ4v) is 8.50. The molecule has 4 aliphatic heterocycles. The fraction of sp³-hybridized carbons (Fsp3) is 0.500. The van der Waals surface area contributed by atoms with E-state index >= 15 is 4.79 Å². The summed E-state index contributed by atoms with van der Waals surface area (Å²) in [6.07, 6.45) is 7.57. The normalized spacial score (nSPS) is 28.1. The highest BCUT2D eigenvalue weighted by molar-refractivity contribution is 6.04. The van der Waals surface area contributed by atoms with Gasteiger partial charge in [-0.25, -0.2) is 0 Å². The number of fused-ring (bicyclic) bond motifs is 2. The van der Waals surface area contributed by atoms with Crippen molar-refractivity contribution in [3.63, 3.8) is 0 Å². The van der Waals surface area contributed by atoms with Crippen molar-refractivity contribution in [3.8, 4) is 5.75 Å². The molecule has 2 aromatic carbocycles. The van der Waals surface area contributed by atoms with Crippen LogP contribution < -0.4 is 9.64 Å². The highest BCUT2D eigenvalue weighted by Gasteiger charge is 2.73. The van der Waals surface area contributed by atoms with E-state index in [1.807, 2.05) is 90.7 Å². The van der Waals surface area contributed by atoms with E-state index in [1.54, 1.807) is 4.90 Å². The van der Waals surface area contributed by atoms with Crippen molar-refractivity contribution in [2.45, 2.75) is 77.3 Å². The smallest absolute Gasteiger partial charge is 0.249 e. The van der Waals surface area contributed by atoms with Gasteiger partial charge in [-0.2, -0.15) is 0 Å². The third-order valence-corrected chi connectivity index (χ3v) is 9.94. The molecule has 9 nitrogen and oxygen atoms in total. The quantitative estimate of drug-likeness (QED) is 0.411. The standard InChI is InChI=1S/C38H47N3O6/c1-7-46-27-18-16-26(17-19-27)39-21-11-15-29-30(33(39)43)31-34(44)41(28(23-42)25-13-9-8-10-14-25)32-35(45)40(22-12-20-38(31,32)47-29)37(5,6)24-36(2,3)4/h8-20,28-32,42H,7,21-24H2,1-6H3/t28-,29-,30+,31+,32?,38+/m1/s1. The van der Waals surface area contributed by atoms with Crippen molar-refractivity contribution in [3.05, 3.63) is 84.5 Å². The van der Waals surface area contributed by atoms with Crippen LogP contribution in [0.4, 0.5) is 5.69 Å². The molecule has 1 spiro atoms. The number of rotatable bonds is 8. The van der Waals surface area contributed by atoms with Crippen LogP contribution in [0.5, 0.6) is 5.75 Å². The number of anilines is 1. The summed E-state index contributed by atoms with van der Waals surface area (Å²) < 4.78 is 12.5. The molecule has 4 heterocycles. The topological polar surface area (TPSA) is 99.6 Å². The number of likely N-dealkylation sites (tertiary alicyclic amines) is 1. The lowest BCUT2D eigenvalue weighted by molar-refractivity contribution is -0.154. The Morgan fingerprint density at radius 1 is 0.936 bits per heavy atom. The molecule has 3 amide bonds. The molecule has 6 rings (SSSR count). The molecule has 0 radical (unpaired) electrons. The summed E-state index contributed by atoms with van der Waals surface area (Å²) in [6, 6.07) is 14.7. The van der Waals surface area contributed by atoms with Crippen molar-refractivity contribution in [1.82, 2.24) is 9.80 Å². The molecule has 1 unspecified atom stereocenters. The Morgan fingerprint density at radius 3 is 2.28 bits per heavy atom. The zero-order valence-corrected chi connectivity index (χ0v) is 28.3. The Balaban J connectivity index is 1.46. The van der Waals surface area contributed by atoms with Gasteiger partial charge in [0.05, 0.1) is 37.2 Å². The van der Waals surface area contributed by atoms with E-state index < -0.39 is 47.8 Å². The number of nitrogens with zero attached hydrogens (tertiary/aromatic N) is 3. The number of carbonyl (C=O) groups is 3. The molecule has 0 saturated carbocycles. The number of amides is 3. The summed E-state index contributed by atoms with van der Waals surface area (Å²) in [5, 5.41) is 10.9. The Morgan fingerprint density at radius 2 is 1.64 bits per heavy atom. The summed E-state index contributed by atoms with van der Waals surface area (Å²) in [7, 11) is 0. The van der Waals surface area contributed by atoms with Crippen LogP contribution >= 0.6 is 0 Å². The van der Waals surface area contributed by atoms with Crippen LogP contribution in [0.3, 0.4) is 0 Å². The fourth-order valence-electron chi connectivity index (χ4n) is 8.50. The SMILES string of the molecule is CCOc1ccc(N2CC=C[C@H]3O[C@]45C=CCN(C(C)(C)CC(C)(C)C)C(=O)C4N([C@H](CO)c4ccccc4)C(=O)[C@@H]5[C@H]3C2=O)cc1. The molecule has 2 aromatic rings. The van der Waals surface area contributed by atoms with Crippen LogP contribution in [0.1, 0.15) is 59.6 Å². The van der Waals surface area contributed by atoms with E-state index in [0.717, 1.165) is 6.42 Å². The molecule has 6 atom stereocenters. The lowest BCUT2D eigenvalue weighted by Gasteiger charge is -2.45. The highest BCUT2D eigenvalue weighted by atomic mass is 16.5. The number of carbonyl (C=O) groups excluding carboxylic acids is 3. The maximum absolute atomic E-state index is 15.0. The van der Waals surface area contributed by atoms with Gasteiger partial charge in [0.25, 0.3) is 0 Å². The van der Waals surface area contributed by atoms with Gasteiger partial charge >= 0.3 is 0 Å². The second-order valence-electron chi connectivity index (χ2n) is 14.9. The van der Waals surface area contributed by atoms with E-state index in [-0.39, 0.29) is 23.1 Å². The van der Waals surface area contributed by atoms with E-state index in [1.165, 1.54) is 4.90 Å². The number of hydrogen-bond acceptors (Lipinski definition) is 6. The summed E-state index contributed by atoms with van der Waals surface area (Å²) in [5.74, 6) is -1.99. The lowest BCUT2D eigenvalue weighted by Crippen LogP contribution is -2.60. The summed E-state index contributed by atoms with van der Waals surface area (Å²) in [6.45, 7) is 13.3. The van der Waals surface area contributed by atoms with Gasteiger partial charge in [-0.15, -0.1) is 0 Å². The summed E-state index contributed by atoms with van der Waals surface area (Å²) in [5.41, 5.74) is -0.632. The van der Waals surface area contributed by atoms with Crippen molar-refractivity contribution >= 4 is 23.4 Å². The monoisotopic (exact) mass is 641 g/mol. The van der Waals surface area contributed by atoms with Crippen LogP contribution in [-0.2, 0) is 19.1 Å². The summed E-state index contributed by atoms with van der Waals surface area (Å²) in [4.78, 5) is 49.6. The maximum atomic E-state index is 15.0. The molecular formula is C38H47N3O6. The lowest BCUT2D eigenvalue weighted by atomic mass is 9.77. The van der Waals surface area contributed by atoms with Gasteiger partial charge < -0.3 is 29.3 Å². The van der Waals surface area contributed by atoms with Gasteiger partial charge in [-0.3, -0.25) is 14.4 Å². The Labute approximate surface area is 277 Å². The first-order chi connectivity index (χ1) is 22.3. The molecule has 1 N–H and O–H groups in total. The van der Waals surface area contributed by atoms with Gasteiger partial charge in [0.15, 0.2) is 0 Å². The maximum Gasteiger partial charge on any atom is 0.249 e. The third-order valence-electron chi connectivity index (χ3n) is 9.94.